The van der Waals surface area contributed by atoms with Gasteiger partial charge in [0.2, 0.25) is 0 Å². The summed E-state index contributed by atoms with van der Waals surface area (Å²) in [6, 6.07) is 0. The molecule has 0 aromatic carbocycles. The Balaban J connectivity index is 3.27. The standard InChI is InChI=1S/C6H6N2O/c1-4-6(7-3)5(2)9-8-4/h1-2H3. The number of aryl methyl sites for hydroxylation is 2. The minimum Gasteiger partial charge on any atom is -0.374 e. The van der Waals surface area contributed by atoms with E-state index in [9.17, 15) is 0 Å². The fraction of sp³-hybridized carbons (Fsp3) is 0.333. The van der Waals surface area contributed by atoms with Crippen molar-refractivity contribution < 1.29 is 4.52 Å². The fourth-order valence-electron chi connectivity index (χ4n) is 0.638. The maximum absolute atomic E-state index is 6.67. The molecule has 0 aliphatic heterocycles. The molecule has 0 atom stereocenters. The van der Waals surface area contributed by atoms with Gasteiger partial charge in [-0.1, -0.05) is 5.16 Å². The first kappa shape index (κ1) is 5.83. The highest BCUT2D eigenvalue weighted by Gasteiger charge is 2.06. The minimum atomic E-state index is 0.537. The lowest BCUT2D eigenvalue weighted by atomic mass is 10.3. The lowest BCUT2D eigenvalue weighted by molar-refractivity contribution is 0.394. The molecule has 0 amide bonds. The minimum absolute atomic E-state index is 0.537. The summed E-state index contributed by atoms with van der Waals surface area (Å²) in [5, 5.41) is 3.60. The van der Waals surface area contributed by atoms with E-state index in [-0.39, 0.29) is 0 Å². The topological polar surface area (TPSA) is 30.4 Å². The molecule has 0 saturated carbocycles. The SMILES string of the molecule is [C-]#[N+]c1c(C)noc1C. The first-order chi connectivity index (χ1) is 4.25. The summed E-state index contributed by atoms with van der Waals surface area (Å²) in [4.78, 5) is 3.22. The Labute approximate surface area is 53.1 Å². The van der Waals surface area contributed by atoms with E-state index in [0.29, 0.717) is 17.1 Å². The smallest absolute Gasteiger partial charge is 0.251 e. The molecule has 0 bridgehead atoms. The van der Waals surface area contributed by atoms with Crippen LogP contribution in [0.1, 0.15) is 11.5 Å². The summed E-state index contributed by atoms with van der Waals surface area (Å²) in [6.45, 7) is 10.2. The molecule has 1 aromatic heterocycles. The molecule has 46 valence electrons. The predicted molar refractivity (Wildman–Crippen MR) is 32.2 cm³/mol. The van der Waals surface area contributed by atoms with E-state index in [4.69, 9.17) is 11.1 Å². The Morgan fingerprint density at radius 2 is 2.22 bits per heavy atom. The molecule has 0 N–H and O–H groups in total. The zero-order valence-electron chi connectivity index (χ0n) is 5.30. The van der Waals surface area contributed by atoms with Crippen LogP contribution in [-0.4, -0.2) is 5.16 Å². The highest BCUT2D eigenvalue weighted by molar-refractivity contribution is 5.50. The van der Waals surface area contributed by atoms with E-state index in [0.717, 1.165) is 0 Å². The molecule has 0 radical (unpaired) electrons. The molecule has 0 saturated heterocycles. The Hall–Kier alpha value is -1.30. The van der Waals surface area contributed by atoms with Crippen molar-refractivity contribution >= 4 is 5.69 Å². The van der Waals surface area contributed by atoms with E-state index in [1.165, 1.54) is 0 Å². The van der Waals surface area contributed by atoms with Crippen LogP contribution in [0, 0.1) is 20.4 Å². The summed E-state index contributed by atoms with van der Waals surface area (Å²) in [6.07, 6.45) is 0. The summed E-state index contributed by atoms with van der Waals surface area (Å²) >= 11 is 0. The van der Waals surface area contributed by atoms with Gasteiger partial charge in [-0.25, -0.2) is 4.85 Å². The lowest BCUT2D eigenvalue weighted by Crippen LogP contribution is -1.64. The van der Waals surface area contributed by atoms with Crippen molar-refractivity contribution in [1.29, 1.82) is 0 Å². The van der Waals surface area contributed by atoms with Crippen LogP contribution in [0.2, 0.25) is 0 Å². The van der Waals surface area contributed by atoms with Crippen molar-refractivity contribution in [3.05, 3.63) is 22.9 Å². The molecular formula is C6H6N2O. The van der Waals surface area contributed by atoms with Gasteiger partial charge in [-0.2, -0.15) is 0 Å². The molecule has 0 aliphatic rings. The fourth-order valence-corrected chi connectivity index (χ4v) is 0.638. The van der Waals surface area contributed by atoms with Crippen LogP contribution < -0.4 is 0 Å². The van der Waals surface area contributed by atoms with Gasteiger partial charge in [-0.15, -0.1) is 0 Å². The zero-order valence-corrected chi connectivity index (χ0v) is 5.30. The predicted octanol–water partition coefficient (Wildman–Crippen LogP) is 1.84. The molecule has 0 unspecified atom stereocenters. The largest absolute Gasteiger partial charge is 0.374 e. The van der Waals surface area contributed by atoms with Crippen molar-refractivity contribution in [1.82, 2.24) is 5.16 Å². The van der Waals surface area contributed by atoms with Crippen molar-refractivity contribution in [2.45, 2.75) is 13.8 Å². The van der Waals surface area contributed by atoms with Crippen LogP contribution in [0.15, 0.2) is 4.52 Å². The van der Waals surface area contributed by atoms with Crippen LogP contribution in [0.25, 0.3) is 4.85 Å². The second-order valence-corrected chi connectivity index (χ2v) is 1.78. The van der Waals surface area contributed by atoms with Gasteiger partial charge in [0.25, 0.3) is 5.69 Å². The normalized spacial score (nSPS) is 9.00. The van der Waals surface area contributed by atoms with Crippen molar-refractivity contribution in [2.75, 3.05) is 0 Å². The van der Waals surface area contributed by atoms with Gasteiger partial charge in [0.05, 0.1) is 12.3 Å². The first-order valence-electron chi connectivity index (χ1n) is 2.56. The second-order valence-electron chi connectivity index (χ2n) is 1.78. The van der Waals surface area contributed by atoms with Crippen molar-refractivity contribution in [3.63, 3.8) is 0 Å². The average Bonchev–Trinajstić information content (AvgIpc) is 2.12. The van der Waals surface area contributed by atoms with Gasteiger partial charge in [-0.3, -0.25) is 0 Å². The summed E-state index contributed by atoms with van der Waals surface area (Å²) < 4.78 is 4.72. The van der Waals surface area contributed by atoms with Crippen LogP contribution in [0.3, 0.4) is 0 Å². The van der Waals surface area contributed by atoms with Crippen LogP contribution in [-0.2, 0) is 0 Å². The van der Waals surface area contributed by atoms with Crippen LogP contribution in [0.4, 0.5) is 5.69 Å². The van der Waals surface area contributed by atoms with Gasteiger partial charge in [0, 0.05) is 0 Å². The monoisotopic (exact) mass is 122 g/mol. The number of aromatic nitrogens is 1. The lowest BCUT2D eigenvalue weighted by Gasteiger charge is -1.77. The summed E-state index contributed by atoms with van der Waals surface area (Å²) in [5.41, 5.74) is 1.21. The van der Waals surface area contributed by atoms with E-state index in [2.05, 4.69) is 10.0 Å². The molecule has 9 heavy (non-hydrogen) atoms. The molecule has 0 aliphatic carbocycles. The molecule has 0 spiro atoms. The van der Waals surface area contributed by atoms with Crippen molar-refractivity contribution in [3.8, 4) is 0 Å². The Kier molecular flexibility index (Phi) is 1.23. The highest BCUT2D eigenvalue weighted by atomic mass is 16.5. The van der Waals surface area contributed by atoms with Crippen LogP contribution in [0.5, 0.6) is 0 Å². The Morgan fingerprint density at radius 3 is 2.44 bits per heavy atom. The molecule has 3 heteroatoms. The third-order valence-corrected chi connectivity index (χ3v) is 1.11. The van der Waals surface area contributed by atoms with Gasteiger partial charge < -0.3 is 4.52 Å². The van der Waals surface area contributed by atoms with E-state index < -0.39 is 0 Å². The maximum atomic E-state index is 6.67. The quantitative estimate of drug-likeness (QED) is 0.491. The third-order valence-electron chi connectivity index (χ3n) is 1.11. The third kappa shape index (κ3) is 0.789. The summed E-state index contributed by atoms with van der Waals surface area (Å²) in [7, 11) is 0. The van der Waals surface area contributed by atoms with Gasteiger partial charge in [0.15, 0.2) is 0 Å². The van der Waals surface area contributed by atoms with Gasteiger partial charge in [0.1, 0.15) is 5.76 Å². The van der Waals surface area contributed by atoms with Crippen LogP contribution >= 0.6 is 0 Å². The van der Waals surface area contributed by atoms with E-state index in [1.807, 2.05) is 0 Å². The number of hydrogen-bond donors (Lipinski definition) is 0. The molecule has 1 rings (SSSR count). The molecular weight excluding hydrogens is 116 g/mol. The number of rotatable bonds is 0. The highest BCUT2D eigenvalue weighted by Crippen LogP contribution is 2.21. The molecule has 1 heterocycles. The molecule has 3 nitrogen and oxygen atoms in total. The number of hydrogen-bond acceptors (Lipinski definition) is 2. The Bertz CT molecular complexity index is 237. The second kappa shape index (κ2) is 1.90. The van der Waals surface area contributed by atoms with E-state index >= 15 is 0 Å². The molecule has 1 aromatic rings. The van der Waals surface area contributed by atoms with E-state index in [1.54, 1.807) is 13.8 Å². The van der Waals surface area contributed by atoms with Gasteiger partial charge in [-0.05, 0) is 13.8 Å². The average molecular weight is 122 g/mol. The van der Waals surface area contributed by atoms with Crippen molar-refractivity contribution in [2.24, 2.45) is 0 Å². The van der Waals surface area contributed by atoms with Gasteiger partial charge >= 0.3 is 0 Å². The Morgan fingerprint density at radius 1 is 1.56 bits per heavy atom. The summed E-state index contributed by atoms with van der Waals surface area (Å²) in [5.74, 6) is 0.600. The number of nitrogens with zero attached hydrogens (tertiary/aromatic N) is 2. The first-order valence-corrected chi connectivity index (χ1v) is 2.56. The molecule has 0 fully saturated rings. The maximum Gasteiger partial charge on any atom is 0.251 e. The zero-order chi connectivity index (χ0) is 6.85.